The van der Waals surface area contributed by atoms with Crippen LogP contribution in [0.5, 0.6) is 11.5 Å². The molecule has 0 aliphatic heterocycles. The summed E-state index contributed by atoms with van der Waals surface area (Å²) in [5, 5.41) is 5.01. The van der Waals surface area contributed by atoms with E-state index in [0.29, 0.717) is 48.3 Å². The molecule has 6 nitrogen and oxygen atoms in total. The number of nitrogens with zero attached hydrogens (tertiary/aromatic N) is 3. The zero-order valence-corrected chi connectivity index (χ0v) is 25.0. The predicted molar refractivity (Wildman–Crippen MR) is 155 cm³/mol. The van der Waals surface area contributed by atoms with Crippen molar-refractivity contribution < 1.29 is 13.9 Å². The van der Waals surface area contributed by atoms with E-state index in [9.17, 15) is 9.18 Å². The zero-order chi connectivity index (χ0) is 26.7. The summed E-state index contributed by atoms with van der Waals surface area (Å²) in [4.78, 5) is 18.2. The molecule has 0 aliphatic rings. The van der Waals surface area contributed by atoms with Gasteiger partial charge in [0, 0.05) is 26.0 Å². The second-order valence-electron chi connectivity index (χ2n) is 8.31. The fourth-order valence-corrected chi connectivity index (χ4v) is 4.95. The monoisotopic (exact) mass is 693 g/mol. The summed E-state index contributed by atoms with van der Waals surface area (Å²) in [5.74, 6) is 1.06. The largest absolute Gasteiger partial charge is 0.493 e. The number of aromatic nitrogens is 2. The molecule has 0 radical (unpaired) electrons. The Morgan fingerprint density at radius 2 is 1.89 bits per heavy atom. The summed E-state index contributed by atoms with van der Waals surface area (Å²) in [6.45, 7) is 4.07. The molecule has 0 N–H and O–H groups in total. The van der Waals surface area contributed by atoms with Crippen molar-refractivity contribution in [3.63, 3.8) is 0 Å². The second-order valence-corrected chi connectivity index (χ2v) is 10.8. The summed E-state index contributed by atoms with van der Waals surface area (Å²) in [7, 11) is 1.52. The van der Waals surface area contributed by atoms with Crippen molar-refractivity contribution in [2.75, 3.05) is 7.11 Å². The lowest BCUT2D eigenvalue weighted by Gasteiger charge is -2.16. The Morgan fingerprint density at radius 1 is 1.14 bits per heavy atom. The third-order valence-corrected chi connectivity index (χ3v) is 8.54. The lowest BCUT2D eigenvalue weighted by molar-refractivity contribution is 0.277. The first kappa shape index (κ1) is 27.5. The molecule has 3 aromatic carbocycles. The fourth-order valence-electron chi connectivity index (χ4n) is 3.65. The van der Waals surface area contributed by atoms with Gasteiger partial charge < -0.3 is 9.47 Å². The topological polar surface area (TPSA) is 65.7 Å². The van der Waals surface area contributed by atoms with Crippen LogP contribution in [0.4, 0.5) is 4.39 Å². The minimum absolute atomic E-state index is 0.0109. The van der Waals surface area contributed by atoms with E-state index in [-0.39, 0.29) is 23.9 Å². The minimum Gasteiger partial charge on any atom is -0.493 e. The minimum atomic E-state index is -0.348. The Hall–Kier alpha value is -2.56. The molecule has 0 amide bonds. The molecule has 0 bridgehead atoms. The smallest absolute Gasteiger partial charge is 0.282 e. The van der Waals surface area contributed by atoms with Crippen LogP contribution in [-0.4, -0.2) is 23.0 Å². The molecule has 0 saturated heterocycles. The van der Waals surface area contributed by atoms with Gasteiger partial charge in [-0.1, -0.05) is 48.0 Å². The molecule has 4 rings (SSSR count). The third kappa shape index (κ3) is 5.81. The van der Waals surface area contributed by atoms with Crippen LogP contribution >= 0.6 is 47.8 Å². The van der Waals surface area contributed by atoms with Gasteiger partial charge in [0.25, 0.3) is 5.56 Å². The van der Waals surface area contributed by atoms with Gasteiger partial charge >= 0.3 is 0 Å². The molecular formula is C27H23Br3FN3O3. The average molecular weight is 696 g/mol. The maximum absolute atomic E-state index is 14.1. The lowest BCUT2D eigenvalue weighted by Crippen LogP contribution is -2.23. The summed E-state index contributed by atoms with van der Waals surface area (Å²) in [6, 6.07) is 13.6. The molecular weight excluding hydrogens is 673 g/mol. The standard InChI is InChI=1S/C27H23Br3FN3O3/c1-4-15(2)26-33-21-10-9-18(28)12-19(21)27(35)34(26)32-13-17-11-22(36-3)25(24(30)23(17)29)37-14-16-7-5-6-8-20(16)31/h5-13,15H,4,14H2,1-3H3/t15-/m1/s1. The van der Waals surface area contributed by atoms with Crippen LogP contribution in [0, 0.1) is 5.82 Å². The second kappa shape index (κ2) is 11.9. The maximum atomic E-state index is 14.1. The van der Waals surface area contributed by atoms with Gasteiger partial charge in [-0.15, -0.1) is 0 Å². The van der Waals surface area contributed by atoms with Gasteiger partial charge in [0.05, 0.1) is 28.7 Å². The van der Waals surface area contributed by atoms with Crippen LogP contribution in [-0.2, 0) is 6.61 Å². The van der Waals surface area contributed by atoms with Crippen molar-refractivity contribution in [1.29, 1.82) is 0 Å². The number of fused-ring (bicyclic) bond motifs is 1. The highest BCUT2D eigenvalue weighted by Gasteiger charge is 2.19. The summed E-state index contributed by atoms with van der Waals surface area (Å²) < 4.78 is 28.9. The normalized spacial score (nSPS) is 12.3. The fraction of sp³-hybridized carbons (Fsp3) is 0.222. The van der Waals surface area contributed by atoms with Gasteiger partial charge in [-0.25, -0.2) is 9.37 Å². The number of hydrogen-bond acceptors (Lipinski definition) is 5. The maximum Gasteiger partial charge on any atom is 0.282 e. The molecule has 0 spiro atoms. The number of halogens is 4. The third-order valence-electron chi connectivity index (χ3n) is 5.90. The van der Waals surface area contributed by atoms with E-state index in [1.54, 1.807) is 36.5 Å². The van der Waals surface area contributed by atoms with Crippen LogP contribution < -0.4 is 15.0 Å². The van der Waals surface area contributed by atoms with Crippen LogP contribution in [0.25, 0.3) is 10.9 Å². The van der Waals surface area contributed by atoms with Gasteiger partial charge in [-0.3, -0.25) is 4.79 Å². The predicted octanol–water partition coefficient (Wildman–Crippen LogP) is 7.81. The Morgan fingerprint density at radius 3 is 2.59 bits per heavy atom. The molecule has 37 heavy (non-hydrogen) atoms. The highest BCUT2D eigenvalue weighted by molar-refractivity contribution is 9.13. The molecule has 1 heterocycles. The van der Waals surface area contributed by atoms with Gasteiger partial charge in [-0.2, -0.15) is 9.78 Å². The molecule has 1 atom stereocenters. The summed E-state index contributed by atoms with van der Waals surface area (Å²) >= 11 is 10.6. The van der Waals surface area contributed by atoms with Crippen LogP contribution in [0.15, 0.2) is 71.8 Å². The van der Waals surface area contributed by atoms with Crippen LogP contribution in [0.3, 0.4) is 0 Å². The number of ether oxygens (including phenoxy) is 2. The van der Waals surface area contributed by atoms with Crippen molar-refractivity contribution in [3.05, 3.63) is 95.1 Å². The van der Waals surface area contributed by atoms with Gasteiger partial charge in [-0.05, 0) is 68.6 Å². The van der Waals surface area contributed by atoms with Crippen molar-refractivity contribution in [2.24, 2.45) is 5.10 Å². The SMILES string of the molecule is CC[C@@H](C)c1nc2ccc(Br)cc2c(=O)n1N=Cc1cc(OC)c(OCc2ccccc2F)c(Br)c1Br. The summed E-state index contributed by atoms with van der Waals surface area (Å²) in [6.07, 6.45) is 2.36. The first-order chi connectivity index (χ1) is 17.7. The highest BCUT2D eigenvalue weighted by Crippen LogP contribution is 2.42. The number of benzene rings is 3. The van der Waals surface area contributed by atoms with E-state index in [2.05, 4.69) is 52.9 Å². The van der Waals surface area contributed by atoms with Crippen molar-refractivity contribution in [1.82, 2.24) is 9.66 Å². The molecule has 10 heteroatoms. The highest BCUT2D eigenvalue weighted by atomic mass is 79.9. The Kier molecular flexibility index (Phi) is 8.82. The molecule has 0 aliphatic carbocycles. The number of methoxy groups -OCH3 is 1. The average Bonchev–Trinajstić information content (AvgIpc) is 2.90. The van der Waals surface area contributed by atoms with Gasteiger partial charge in [0.2, 0.25) is 0 Å². The Balaban J connectivity index is 1.76. The first-order valence-electron chi connectivity index (χ1n) is 11.4. The molecule has 0 saturated carbocycles. The van der Waals surface area contributed by atoms with Crippen LogP contribution in [0.1, 0.15) is 43.1 Å². The van der Waals surface area contributed by atoms with Crippen molar-refractivity contribution in [2.45, 2.75) is 32.8 Å². The number of rotatable bonds is 8. The molecule has 192 valence electrons. The molecule has 4 aromatic rings. The van der Waals surface area contributed by atoms with E-state index in [0.717, 1.165) is 10.9 Å². The van der Waals surface area contributed by atoms with Crippen molar-refractivity contribution >= 4 is 64.9 Å². The number of hydrogen-bond donors (Lipinski definition) is 0. The molecule has 1 aromatic heterocycles. The van der Waals surface area contributed by atoms with Crippen molar-refractivity contribution in [3.8, 4) is 11.5 Å². The summed E-state index contributed by atoms with van der Waals surface area (Å²) in [5.41, 5.74) is 1.42. The van der Waals surface area contributed by atoms with E-state index in [4.69, 9.17) is 14.5 Å². The quantitative estimate of drug-likeness (QED) is 0.177. The molecule has 0 unspecified atom stereocenters. The van der Waals surface area contributed by atoms with Gasteiger partial charge in [0.1, 0.15) is 18.2 Å². The van der Waals surface area contributed by atoms with E-state index >= 15 is 0 Å². The Labute approximate surface area is 238 Å². The molecule has 0 fully saturated rings. The van der Waals surface area contributed by atoms with E-state index in [1.807, 2.05) is 26.0 Å². The first-order valence-corrected chi connectivity index (χ1v) is 13.8. The van der Waals surface area contributed by atoms with Gasteiger partial charge in [0.15, 0.2) is 11.5 Å². The van der Waals surface area contributed by atoms with E-state index in [1.165, 1.54) is 17.9 Å². The zero-order valence-electron chi connectivity index (χ0n) is 20.3. The van der Waals surface area contributed by atoms with E-state index < -0.39 is 0 Å². The lowest BCUT2D eigenvalue weighted by atomic mass is 10.1. The van der Waals surface area contributed by atoms with Crippen LogP contribution in [0.2, 0.25) is 0 Å². The Bertz CT molecular complexity index is 1560.